The minimum absolute atomic E-state index is 0.463. The standard InChI is InChI=1S/C12H20N2O/c1-5-11(9(2)3)14-12-8-10(15-4)6-7-13-12/h6-9,11H,5H2,1-4H3,(H,13,14). The van der Waals surface area contributed by atoms with Crippen molar-refractivity contribution < 1.29 is 4.74 Å². The van der Waals surface area contributed by atoms with Gasteiger partial charge >= 0.3 is 0 Å². The first kappa shape index (κ1) is 11.8. The van der Waals surface area contributed by atoms with Crippen LogP contribution in [0.25, 0.3) is 0 Å². The number of nitrogens with one attached hydrogen (secondary N) is 1. The zero-order chi connectivity index (χ0) is 11.3. The van der Waals surface area contributed by atoms with Gasteiger partial charge in [0.2, 0.25) is 0 Å². The predicted molar refractivity (Wildman–Crippen MR) is 63.3 cm³/mol. The predicted octanol–water partition coefficient (Wildman–Crippen LogP) is 2.94. The van der Waals surface area contributed by atoms with Crippen molar-refractivity contribution in [1.82, 2.24) is 4.98 Å². The van der Waals surface area contributed by atoms with Crippen LogP contribution < -0.4 is 10.1 Å². The molecule has 15 heavy (non-hydrogen) atoms. The highest BCUT2D eigenvalue weighted by atomic mass is 16.5. The summed E-state index contributed by atoms with van der Waals surface area (Å²) in [6, 6.07) is 4.23. The third-order valence-corrected chi connectivity index (χ3v) is 2.54. The lowest BCUT2D eigenvalue weighted by Crippen LogP contribution is -2.25. The Hall–Kier alpha value is -1.25. The highest BCUT2D eigenvalue weighted by Crippen LogP contribution is 2.17. The lowest BCUT2D eigenvalue weighted by Gasteiger charge is -2.21. The van der Waals surface area contributed by atoms with Crippen LogP contribution in [0.4, 0.5) is 5.82 Å². The molecule has 0 saturated carbocycles. The van der Waals surface area contributed by atoms with Crippen LogP contribution in [-0.4, -0.2) is 18.1 Å². The fourth-order valence-electron chi connectivity index (χ4n) is 1.55. The number of aromatic nitrogens is 1. The van der Waals surface area contributed by atoms with Gasteiger partial charge in [0, 0.05) is 18.3 Å². The van der Waals surface area contributed by atoms with Gasteiger partial charge in [-0.1, -0.05) is 20.8 Å². The maximum Gasteiger partial charge on any atom is 0.129 e. The van der Waals surface area contributed by atoms with E-state index < -0.39 is 0 Å². The molecule has 0 fully saturated rings. The van der Waals surface area contributed by atoms with Crippen LogP contribution in [0.3, 0.4) is 0 Å². The molecule has 3 heteroatoms. The summed E-state index contributed by atoms with van der Waals surface area (Å²) in [5.41, 5.74) is 0. The van der Waals surface area contributed by atoms with Crippen molar-refractivity contribution in [1.29, 1.82) is 0 Å². The summed E-state index contributed by atoms with van der Waals surface area (Å²) < 4.78 is 5.15. The molecular weight excluding hydrogens is 188 g/mol. The Kier molecular flexibility index (Phi) is 4.40. The van der Waals surface area contributed by atoms with Gasteiger partial charge in [-0.15, -0.1) is 0 Å². The summed E-state index contributed by atoms with van der Waals surface area (Å²) in [4.78, 5) is 4.27. The number of hydrogen-bond acceptors (Lipinski definition) is 3. The number of methoxy groups -OCH3 is 1. The second-order valence-corrected chi connectivity index (χ2v) is 3.98. The molecule has 0 aromatic carbocycles. The number of ether oxygens (including phenoxy) is 1. The Bertz CT molecular complexity index is 299. The van der Waals surface area contributed by atoms with Gasteiger partial charge in [-0.2, -0.15) is 0 Å². The first-order valence-corrected chi connectivity index (χ1v) is 5.44. The van der Waals surface area contributed by atoms with E-state index in [0.717, 1.165) is 18.0 Å². The summed E-state index contributed by atoms with van der Waals surface area (Å²) in [5.74, 6) is 2.32. The Labute approximate surface area is 91.9 Å². The van der Waals surface area contributed by atoms with E-state index in [0.29, 0.717) is 12.0 Å². The third-order valence-electron chi connectivity index (χ3n) is 2.54. The average molecular weight is 208 g/mol. The Balaban J connectivity index is 2.70. The molecule has 0 bridgehead atoms. The van der Waals surface area contributed by atoms with Crippen LogP contribution in [0.2, 0.25) is 0 Å². The van der Waals surface area contributed by atoms with Crippen molar-refractivity contribution in [3.05, 3.63) is 18.3 Å². The molecule has 1 rings (SSSR count). The Morgan fingerprint density at radius 3 is 2.73 bits per heavy atom. The molecule has 3 nitrogen and oxygen atoms in total. The second-order valence-electron chi connectivity index (χ2n) is 3.98. The highest BCUT2D eigenvalue weighted by Gasteiger charge is 2.11. The summed E-state index contributed by atoms with van der Waals surface area (Å²) in [7, 11) is 1.67. The molecule has 0 spiro atoms. The van der Waals surface area contributed by atoms with Gasteiger partial charge in [0.1, 0.15) is 11.6 Å². The Morgan fingerprint density at radius 1 is 1.47 bits per heavy atom. The number of anilines is 1. The molecule has 0 aliphatic carbocycles. The quantitative estimate of drug-likeness (QED) is 0.807. The molecule has 1 N–H and O–H groups in total. The fourth-order valence-corrected chi connectivity index (χ4v) is 1.55. The monoisotopic (exact) mass is 208 g/mol. The van der Waals surface area contributed by atoms with E-state index >= 15 is 0 Å². The van der Waals surface area contributed by atoms with Gasteiger partial charge in [0.05, 0.1) is 7.11 Å². The van der Waals surface area contributed by atoms with E-state index in [1.54, 1.807) is 13.3 Å². The van der Waals surface area contributed by atoms with Crippen molar-refractivity contribution in [2.75, 3.05) is 12.4 Å². The molecule has 1 heterocycles. The lowest BCUT2D eigenvalue weighted by atomic mass is 10.0. The Morgan fingerprint density at radius 2 is 2.20 bits per heavy atom. The van der Waals surface area contributed by atoms with Crippen molar-refractivity contribution in [3.63, 3.8) is 0 Å². The van der Waals surface area contributed by atoms with E-state index in [-0.39, 0.29) is 0 Å². The molecular formula is C12H20N2O. The molecule has 0 amide bonds. The maximum atomic E-state index is 5.15. The van der Waals surface area contributed by atoms with E-state index in [9.17, 15) is 0 Å². The van der Waals surface area contributed by atoms with E-state index in [1.807, 2.05) is 12.1 Å². The largest absolute Gasteiger partial charge is 0.497 e. The molecule has 1 aromatic rings. The van der Waals surface area contributed by atoms with E-state index in [2.05, 4.69) is 31.1 Å². The molecule has 84 valence electrons. The zero-order valence-electron chi connectivity index (χ0n) is 9.95. The molecule has 0 saturated heterocycles. The molecule has 0 aliphatic rings. The first-order valence-electron chi connectivity index (χ1n) is 5.44. The second kappa shape index (κ2) is 5.59. The van der Waals surface area contributed by atoms with E-state index in [4.69, 9.17) is 4.74 Å². The van der Waals surface area contributed by atoms with Gasteiger partial charge in [0.25, 0.3) is 0 Å². The molecule has 0 aliphatic heterocycles. The summed E-state index contributed by atoms with van der Waals surface area (Å²) in [6.45, 7) is 6.60. The van der Waals surface area contributed by atoms with Crippen LogP contribution in [-0.2, 0) is 0 Å². The molecule has 1 unspecified atom stereocenters. The minimum Gasteiger partial charge on any atom is -0.497 e. The van der Waals surface area contributed by atoms with Crippen molar-refractivity contribution in [2.24, 2.45) is 5.92 Å². The SMILES string of the molecule is CCC(Nc1cc(OC)ccn1)C(C)C. The van der Waals surface area contributed by atoms with Gasteiger partial charge in [0.15, 0.2) is 0 Å². The summed E-state index contributed by atoms with van der Waals surface area (Å²) in [6.07, 6.45) is 2.85. The highest BCUT2D eigenvalue weighted by molar-refractivity contribution is 5.41. The third kappa shape index (κ3) is 3.42. The van der Waals surface area contributed by atoms with Gasteiger partial charge in [-0.3, -0.25) is 0 Å². The normalized spacial score (nSPS) is 12.6. The zero-order valence-corrected chi connectivity index (χ0v) is 9.95. The van der Waals surface area contributed by atoms with E-state index in [1.165, 1.54) is 0 Å². The first-order chi connectivity index (χ1) is 7.17. The molecule has 0 radical (unpaired) electrons. The topological polar surface area (TPSA) is 34.1 Å². The smallest absolute Gasteiger partial charge is 0.129 e. The number of rotatable bonds is 5. The summed E-state index contributed by atoms with van der Waals surface area (Å²) in [5, 5.41) is 3.41. The van der Waals surface area contributed by atoms with Gasteiger partial charge in [-0.05, 0) is 18.4 Å². The number of nitrogens with zero attached hydrogens (tertiary/aromatic N) is 1. The fraction of sp³-hybridized carbons (Fsp3) is 0.583. The van der Waals surface area contributed by atoms with Crippen LogP contribution in [0.1, 0.15) is 27.2 Å². The summed E-state index contributed by atoms with van der Waals surface area (Å²) >= 11 is 0. The van der Waals surface area contributed by atoms with Crippen molar-refractivity contribution in [3.8, 4) is 5.75 Å². The van der Waals surface area contributed by atoms with Crippen LogP contribution in [0, 0.1) is 5.92 Å². The minimum atomic E-state index is 0.463. The number of pyridine rings is 1. The molecule has 1 atom stereocenters. The maximum absolute atomic E-state index is 5.15. The van der Waals surface area contributed by atoms with Gasteiger partial charge in [-0.25, -0.2) is 4.98 Å². The molecule has 1 aromatic heterocycles. The lowest BCUT2D eigenvalue weighted by molar-refractivity contribution is 0.414. The van der Waals surface area contributed by atoms with Crippen LogP contribution >= 0.6 is 0 Å². The van der Waals surface area contributed by atoms with Crippen LogP contribution in [0.15, 0.2) is 18.3 Å². The average Bonchev–Trinajstić information content (AvgIpc) is 2.25. The van der Waals surface area contributed by atoms with Crippen LogP contribution in [0.5, 0.6) is 5.75 Å². The van der Waals surface area contributed by atoms with Crippen molar-refractivity contribution >= 4 is 5.82 Å². The number of hydrogen-bond donors (Lipinski definition) is 1. The van der Waals surface area contributed by atoms with Gasteiger partial charge < -0.3 is 10.1 Å². The van der Waals surface area contributed by atoms with Crippen molar-refractivity contribution in [2.45, 2.75) is 33.2 Å².